The van der Waals surface area contributed by atoms with Crippen LogP contribution in [0, 0.1) is 0 Å². The van der Waals surface area contributed by atoms with E-state index in [2.05, 4.69) is 4.72 Å². The van der Waals surface area contributed by atoms with E-state index in [0.717, 1.165) is 22.7 Å². The van der Waals surface area contributed by atoms with Crippen LogP contribution in [0.15, 0.2) is 46.0 Å². The van der Waals surface area contributed by atoms with Gasteiger partial charge in [-0.15, -0.1) is 11.3 Å². The monoisotopic (exact) mass is 377 g/mol. The third-order valence-electron chi connectivity index (χ3n) is 4.31. The average molecular weight is 377 g/mol. The second-order valence-corrected chi connectivity index (χ2v) is 8.75. The van der Waals surface area contributed by atoms with Gasteiger partial charge in [-0.3, -0.25) is 9.52 Å². The molecule has 0 aliphatic carbocycles. The Labute approximate surface area is 148 Å². The molecule has 0 radical (unpaired) electrons. The smallest absolute Gasteiger partial charge is 0.312 e. The number of benzene rings is 1. The highest BCUT2D eigenvalue weighted by Gasteiger charge is 2.48. The Balaban J connectivity index is 1.62. The molecular formula is C16H15N3O4S2. The van der Waals surface area contributed by atoms with Gasteiger partial charge in [0.25, 0.3) is 15.9 Å². The quantitative estimate of drug-likeness (QED) is 0.830. The molecule has 1 aromatic heterocycles. The van der Waals surface area contributed by atoms with Crippen molar-refractivity contribution in [1.29, 1.82) is 0 Å². The molecule has 9 heteroatoms. The normalized spacial score (nSPS) is 20.2. The predicted octanol–water partition coefficient (Wildman–Crippen LogP) is 2.48. The molecule has 0 unspecified atom stereocenters. The van der Waals surface area contributed by atoms with Crippen molar-refractivity contribution in [3.05, 3.63) is 41.8 Å². The van der Waals surface area contributed by atoms with Crippen LogP contribution in [0.3, 0.4) is 0 Å². The number of fused-ring (bicyclic) bond motifs is 1. The fourth-order valence-electron chi connectivity index (χ4n) is 3.19. The summed E-state index contributed by atoms with van der Waals surface area (Å²) in [6, 6.07) is 8.77. The molecule has 0 bridgehead atoms. The van der Waals surface area contributed by atoms with Gasteiger partial charge in [-0.1, -0.05) is 12.1 Å². The Bertz CT molecular complexity index is 918. The average Bonchev–Trinajstić information content (AvgIpc) is 3.29. The summed E-state index contributed by atoms with van der Waals surface area (Å²) in [5.41, 5.74) is 0.675. The maximum absolute atomic E-state index is 12.5. The van der Waals surface area contributed by atoms with Gasteiger partial charge in [-0.25, -0.2) is 18.1 Å². The molecule has 2 aliphatic rings. The van der Waals surface area contributed by atoms with Crippen LogP contribution in [0.25, 0.3) is 0 Å². The van der Waals surface area contributed by atoms with Gasteiger partial charge in [-0.05, 0) is 42.5 Å². The van der Waals surface area contributed by atoms with Crippen LogP contribution in [0.5, 0.6) is 0 Å². The van der Waals surface area contributed by atoms with Gasteiger partial charge >= 0.3 is 6.03 Å². The first kappa shape index (κ1) is 16.1. The van der Waals surface area contributed by atoms with E-state index in [1.165, 1.54) is 12.1 Å². The Kier molecular flexibility index (Phi) is 3.77. The summed E-state index contributed by atoms with van der Waals surface area (Å²) in [6.45, 7) is 0.580. The third kappa shape index (κ3) is 2.69. The van der Waals surface area contributed by atoms with Crippen LogP contribution in [0.2, 0.25) is 0 Å². The van der Waals surface area contributed by atoms with E-state index < -0.39 is 10.0 Å². The highest BCUT2D eigenvalue weighted by molar-refractivity contribution is 7.94. The molecule has 2 fully saturated rings. The standard InChI is InChI=1S/C16H15N3O4S2/c20-15-13-6-2-8-18(13)16(21)19(15)12-5-1-4-11(10-12)17-25(22,23)14-7-3-9-24-14/h1,3-5,7,9-10,13,17H,2,6,8H2/t13-/m0/s1. The number of hydrogen-bond acceptors (Lipinski definition) is 5. The molecule has 2 aliphatic heterocycles. The molecule has 1 atom stereocenters. The number of hydrogen-bond donors (Lipinski definition) is 1. The van der Waals surface area contributed by atoms with E-state index >= 15 is 0 Å². The van der Waals surface area contributed by atoms with Gasteiger partial charge in [0.2, 0.25) is 0 Å². The Hall–Kier alpha value is -2.39. The number of carbonyl (C=O) groups is 2. The zero-order chi connectivity index (χ0) is 17.6. The predicted molar refractivity (Wildman–Crippen MR) is 94.2 cm³/mol. The van der Waals surface area contributed by atoms with Crippen LogP contribution in [-0.2, 0) is 14.8 Å². The van der Waals surface area contributed by atoms with E-state index in [-0.39, 0.29) is 22.2 Å². The van der Waals surface area contributed by atoms with Crippen molar-refractivity contribution < 1.29 is 18.0 Å². The summed E-state index contributed by atoms with van der Waals surface area (Å²) in [5.74, 6) is -0.249. The minimum absolute atomic E-state index is 0.201. The van der Waals surface area contributed by atoms with E-state index in [9.17, 15) is 18.0 Å². The lowest BCUT2D eigenvalue weighted by atomic mass is 10.2. The number of thiophene rings is 1. The molecule has 4 rings (SSSR count). The molecule has 2 aromatic rings. The van der Waals surface area contributed by atoms with E-state index in [0.29, 0.717) is 24.3 Å². The fraction of sp³-hybridized carbons (Fsp3) is 0.250. The van der Waals surface area contributed by atoms with Crippen LogP contribution in [-0.4, -0.2) is 37.8 Å². The molecule has 7 nitrogen and oxygen atoms in total. The van der Waals surface area contributed by atoms with Gasteiger partial charge in [0.15, 0.2) is 0 Å². The molecule has 3 heterocycles. The van der Waals surface area contributed by atoms with Crippen LogP contribution in [0.4, 0.5) is 16.2 Å². The number of imide groups is 1. The number of anilines is 2. The Morgan fingerprint density at radius 3 is 2.72 bits per heavy atom. The van der Waals surface area contributed by atoms with E-state index in [1.807, 2.05) is 0 Å². The van der Waals surface area contributed by atoms with Gasteiger partial charge in [0, 0.05) is 6.54 Å². The molecule has 3 amide bonds. The second-order valence-electron chi connectivity index (χ2n) is 5.90. The Morgan fingerprint density at radius 2 is 2.00 bits per heavy atom. The summed E-state index contributed by atoms with van der Waals surface area (Å²) < 4.78 is 27.3. The fourth-order valence-corrected chi connectivity index (χ4v) is 5.23. The number of amides is 3. The van der Waals surface area contributed by atoms with Crippen molar-refractivity contribution in [3.63, 3.8) is 0 Å². The maximum Gasteiger partial charge on any atom is 0.332 e. The second kappa shape index (κ2) is 5.85. The van der Waals surface area contributed by atoms with Crippen molar-refractivity contribution in [1.82, 2.24) is 4.90 Å². The summed E-state index contributed by atoms with van der Waals surface area (Å²) in [7, 11) is -3.68. The first-order valence-electron chi connectivity index (χ1n) is 7.78. The first-order valence-corrected chi connectivity index (χ1v) is 10.1. The van der Waals surface area contributed by atoms with Crippen molar-refractivity contribution in [2.75, 3.05) is 16.2 Å². The van der Waals surface area contributed by atoms with Crippen molar-refractivity contribution in [2.24, 2.45) is 0 Å². The number of carbonyl (C=O) groups excluding carboxylic acids is 2. The van der Waals surface area contributed by atoms with Crippen LogP contribution >= 0.6 is 11.3 Å². The Morgan fingerprint density at radius 1 is 1.16 bits per heavy atom. The SMILES string of the molecule is O=C1[C@@H]2CCCN2C(=O)N1c1cccc(NS(=O)(=O)c2cccs2)c1. The zero-order valence-corrected chi connectivity index (χ0v) is 14.7. The molecular weight excluding hydrogens is 362 g/mol. The van der Waals surface area contributed by atoms with Gasteiger partial charge in [-0.2, -0.15) is 0 Å². The molecule has 0 spiro atoms. The van der Waals surface area contributed by atoms with Gasteiger partial charge < -0.3 is 4.90 Å². The number of nitrogens with one attached hydrogen (secondary N) is 1. The zero-order valence-electron chi connectivity index (χ0n) is 13.1. The summed E-state index contributed by atoms with van der Waals surface area (Å²) in [6.07, 6.45) is 1.50. The third-order valence-corrected chi connectivity index (χ3v) is 7.09. The molecule has 25 heavy (non-hydrogen) atoms. The van der Waals surface area contributed by atoms with Gasteiger partial charge in [0.1, 0.15) is 10.3 Å². The summed E-state index contributed by atoms with van der Waals surface area (Å²) >= 11 is 1.11. The summed E-state index contributed by atoms with van der Waals surface area (Å²) in [4.78, 5) is 27.7. The van der Waals surface area contributed by atoms with Crippen molar-refractivity contribution in [3.8, 4) is 0 Å². The molecule has 2 saturated heterocycles. The van der Waals surface area contributed by atoms with Crippen LogP contribution < -0.4 is 9.62 Å². The van der Waals surface area contributed by atoms with E-state index in [1.54, 1.807) is 34.5 Å². The highest BCUT2D eigenvalue weighted by Crippen LogP contribution is 2.32. The topological polar surface area (TPSA) is 86.8 Å². The molecule has 1 aromatic carbocycles. The van der Waals surface area contributed by atoms with Crippen molar-refractivity contribution >= 4 is 44.7 Å². The number of sulfonamides is 1. The highest BCUT2D eigenvalue weighted by atomic mass is 32.2. The first-order chi connectivity index (χ1) is 12.0. The number of rotatable bonds is 4. The number of nitrogens with zero attached hydrogens (tertiary/aromatic N) is 2. The maximum atomic E-state index is 12.5. The van der Waals surface area contributed by atoms with Crippen LogP contribution in [0.1, 0.15) is 12.8 Å². The molecule has 0 saturated carbocycles. The lowest BCUT2D eigenvalue weighted by Gasteiger charge is -2.16. The lowest BCUT2D eigenvalue weighted by molar-refractivity contribution is -0.119. The lowest BCUT2D eigenvalue weighted by Crippen LogP contribution is -2.33. The van der Waals surface area contributed by atoms with Crippen molar-refractivity contribution in [2.45, 2.75) is 23.1 Å². The molecule has 1 N–H and O–H groups in total. The minimum Gasteiger partial charge on any atom is -0.312 e. The number of urea groups is 1. The summed E-state index contributed by atoms with van der Waals surface area (Å²) in [5, 5.41) is 1.68. The van der Waals surface area contributed by atoms with E-state index in [4.69, 9.17) is 0 Å². The minimum atomic E-state index is -3.68. The largest absolute Gasteiger partial charge is 0.332 e. The molecule has 130 valence electrons. The van der Waals surface area contributed by atoms with Gasteiger partial charge in [0.05, 0.1) is 11.4 Å².